The van der Waals surface area contributed by atoms with Gasteiger partial charge in [-0.15, -0.1) is 0 Å². The van der Waals surface area contributed by atoms with E-state index in [1.165, 1.54) is 54.9 Å². The first-order chi connectivity index (χ1) is 31.7. The van der Waals surface area contributed by atoms with Crippen molar-refractivity contribution in [3.05, 3.63) is 260 Å². The number of rotatable bonds is 10. The van der Waals surface area contributed by atoms with Crippen LogP contribution in [0.4, 0.5) is 34.1 Å². The van der Waals surface area contributed by atoms with E-state index in [1.54, 1.807) is 0 Å². The molecule has 0 spiro atoms. The largest absolute Gasteiger partial charge is 0.311 e. The molecule has 0 unspecified atom stereocenters. The molecule has 0 bridgehead atoms. The lowest BCUT2D eigenvalue weighted by Crippen LogP contribution is -2.10. The lowest BCUT2D eigenvalue weighted by molar-refractivity contribution is 1.04. The molecule has 0 aliphatic heterocycles. The van der Waals surface area contributed by atoms with Crippen molar-refractivity contribution in [3.63, 3.8) is 0 Å². The summed E-state index contributed by atoms with van der Waals surface area (Å²) in [5.74, 6) is 0. The van der Waals surface area contributed by atoms with Crippen LogP contribution in [0.15, 0.2) is 255 Å². The molecule has 0 saturated carbocycles. The monoisotopic (exact) mass is 818 g/mol. The predicted octanol–water partition coefficient (Wildman–Crippen LogP) is 17.7. The van der Waals surface area contributed by atoms with Crippen molar-refractivity contribution in [2.24, 2.45) is 0 Å². The van der Waals surface area contributed by atoms with Gasteiger partial charge in [-0.3, -0.25) is 0 Å². The van der Waals surface area contributed by atoms with Crippen LogP contribution in [0.5, 0.6) is 0 Å². The fraction of sp³-hybridized carbons (Fsp3) is 0.0323. The zero-order valence-electron chi connectivity index (χ0n) is 35.6. The summed E-state index contributed by atoms with van der Waals surface area (Å²) >= 11 is 0. The van der Waals surface area contributed by atoms with Gasteiger partial charge in [0.15, 0.2) is 0 Å². The number of nitrogens with zero attached hydrogens (tertiary/aromatic N) is 2. The van der Waals surface area contributed by atoms with E-state index in [4.69, 9.17) is 0 Å². The molecule has 2 nitrogen and oxygen atoms in total. The molecule has 0 heterocycles. The molecule has 10 aromatic carbocycles. The average Bonchev–Trinajstić information content (AvgIpc) is 3.38. The average molecular weight is 819 g/mol. The minimum Gasteiger partial charge on any atom is -0.311 e. The van der Waals surface area contributed by atoms with E-state index in [0.29, 0.717) is 0 Å². The first-order valence-electron chi connectivity index (χ1n) is 22.2. The number of fused-ring (bicyclic) bond motifs is 3. The second kappa shape index (κ2) is 17.3. The van der Waals surface area contributed by atoms with Crippen molar-refractivity contribution in [2.75, 3.05) is 9.80 Å². The Hall–Kier alpha value is -8.20. The second-order valence-electron chi connectivity index (χ2n) is 16.4. The molecule has 11 rings (SSSR count). The van der Waals surface area contributed by atoms with Crippen LogP contribution < -0.4 is 9.80 Å². The first kappa shape index (κ1) is 38.7. The van der Waals surface area contributed by atoms with Gasteiger partial charge < -0.3 is 9.80 Å². The summed E-state index contributed by atoms with van der Waals surface area (Å²) in [6.45, 7) is 0. The molecule has 0 atom stereocenters. The van der Waals surface area contributed by atoms with Crippen molar-refractivity contribution in [1.29, 1.82) is 0 Å². The standard InChI is InChI=1S/C62H46N2/c1-4-14-45(15-5-1)47-24-26-48(27-25-47)50-28-36-55(37-29-50)63(54-19-8-3-9-20-54)56-38-30-51(31-39-56)52-34-42-58(43-35-52)64(57-40-32-49(33-41-57)46-16-6-2-7-17-46)62-44-53-18-10-11-21-59(53)60-22-12-13-23-61(60)62/h2-4,6-44H,1,5H2. The maximum Gasteiger partial charge on any atom is 0.0546 e. The molecule has 1 aliphatic rings. The Morgan fingerprint density at radius 3 is 1.19 bits per heavy atom. The number of allylic oxidation sites excluding steroid dienone is 4. The van der Waals surface area contributed by atoms with E-state index < -0.39 is 0 Å². The van der Waals surface area contributed by atoms with Crippen LogP contribution >= 0.6 is 0 Å². The number of hydrogen-bond acceptors (Lipinski definition) is 2. The molecule has 0 aromatic heterocycles. The van der Waals surface area contributed by atoms with Gasteiger partial charge in [-0.05, 0) is 140 Å². The summed E-state index contributed by atoms with van der Waals surface area (Å²) in [6.07, 6.45) is 9.08. The summed E-state index contributed by atoms with van der Waals surface area (Å²) in [4.78, 5) is 4.73. The third-order valence-corrected chi connectivity index (χ3v) is 12.5. The Morgan fingerprint density at radius 1 is 0.281 bits per heavy atom. The van der Waals surface area contributed by atoms with Gasteiger partial charge in [0.1, 0.15) is 0 Å². The van der Waals surface area contributed by atoms with E-state index in [0.717, 1.165) is 58.1 Å². The summed E-state index contributed by atoms with van der Waals surface area (Å²) in [7, 11) is 0. The van der Waals surface area contributed by atoms with Crippen molar-refractivity contribution in [3.8, 4) is 33.4 Å². The molecule has 0 N–H and O–H groups in total. The van der Waals surface area contributed by atoms with E-state index in [-0.39, 0.29) is 0 Å². The van der Waals surface area contributed by atoms with Gasteiger partial charge in [0.25, 0.3) is 0 Å². The molecule has 2 heteroatoms. The number of anilines is 6. The summed E-state index contributed by atoms with van der Waals surface area (Å²) < 4.78 is 0. The van der Waals surface area contributed by atoms with Gasteiger partial charge in [0, 0.05) is 33.8 Å². The zero-order valence-corrected chi connectivity index (χ0v) is 35.6. The van der Waals surface area contributed by atoms with Crippen molar-refractivity contribution >= 4 is 61.2 Å². The van der Waals surface area contributed by atoms with E-state index in [9.17, 15) is 0 Å². The van der Waals surface area contributed by atoms with Gasteiger partial charge in [-0.1, -0.05) is 188 Å². The van der Waals surface area contributed by atoms with Crippen molar-refractivity contribution in [2.45, 2.75) is 12.8 Å². The highest BCUT2D eigenvalue weighted by molar-refractivity contribution is 6.14. The first-order valence-corrected chi connectivity index (χ1v) is 22.2. The van der Waals surface area contributed by atoms with Gasteiger partial charge in [-0.25, -0.2) is 0 Å². The highest BCUT2D eigenvalue weighted by Gasteiger charge is 2.19. The molecule has 0 saturated heterocycles. The van der Waals surface area contributed by atoms with Crippen LogP contribution in [0, 0.1) is 0 Å². The lowest BCUT2D eigenvalue weighted by Gasteiger charge is -2.28. The van der Waals surface area contributed by atoms with E-state index in [2.05, 4.69) is 265 Å². The minimum atomic E-state index is 1.10. The Labute approximate surface area is 376 Å². The summed E-state index contributed by atoms with van der Waals surface area (Å²) in [5, 5.41) is 4.93. The number of benzene rings is 10. The highest BCUT2D eigenvalue weighted by atomic mass is 15.1. The number of hydrogen-bond donors (Lipinski definition) is 0. The maximum absolute atomic E-state index is 2.40. The molecule has 0 fully saturated rings. The van der Waals surface area contributed by atoms with Crippen molar-refractivity contribution < 1.29 is 0 Å². The summed E-state index contributed by atoms with van der Waals surface area (Å²) in [5.41, 5.74) is 16.4. The molecule has 0 radical (unpaired) electrons. The zero-order chi connectivity index (χ0) is 42.7. The molecule has 304 valence electrons. The van der Waals surface area contributed by atoms with Crippen LogP contribution in [-0.4, -0.2) is 0 Å². The topological polar surface area (TPSA) is 6.48 Å². The number of para-hydroxylation sites is 1. The van der Waals surface area contributed by atoms with Gasteiger partial charge in [0.05, 0.1) is 5.69 Å². The Balaban J connectivity index is 0.910. The Bertz CT molecular complexity index is 3260. The van der Waals surface area contributed by atoms with E-state index in [1.807, 2.05) is 0 Å². The normalized spacial score (nSPS) is 12.3. The molecule has 0 amide bonds. The lowest BCUT2D eigenvalue weighted by atomic mass is 9.97. The Kier molecular flexibility index (Phi) is 10.5. The molecule has 64 heavy (non-hydrogen) atoms. The third-order valence-electron chi connectivity index (χ3n) is 12.5. The van der Waals surface area contributed by atoms with Gasteiger partial charge >= 0.3 is 0 Å². The maximum atomic E-state index is 2.40. The third kappa shape index (κ3) is 7.67. The van der Waals surface area contributed by atoms with E-state index >= 15 is 0 Å². The van der Waals surface area contributed by atoms with Crippen molar-refractivity contribution in [1.82, 2.24) is 0 Å². The molecule has 1 aliphatic carbocycles. The van der Waals surface area contributed by atoms with Crippen LogP contribution in [-0.2, 0) is 0 Å². The quantitative estimate of drug-likeness (QED) is 0.127. The fourth-order valence-electron chi connectivity index (χ4n) is 9.20. The predicted molar refractivity (Wildman–Crippen MR) is 273 cm³/mol. The van der Waals surface area contributed by atoms with Gasteiger partial charge in [-0.2, -0.15) is 0 Å². The minimum absolute atomic E-state index is 1.10. The summed E-state index contributed by atoms with van der Waals surface area (Å²) in [6, 6.07) is 85.8. The molecule has 10 aromatic rings. The van der Waals surface area contributed by atoms with Crippen LogP contribution in [0.3, 0.4) is 0 Å². The van der Waals surface area contributed by atoms with Crippen LogP contribution in [0.25, 0.3) is 60.5 Å². The Morgan fingerprint density at radius 2 is 0.672 bits per heavy atom. The smallest absolute Gasteiger partial charge is 0.0546 e. The SMILES string of the molecule is C1=CC(c2ccc(-c3ccc(N(c4ccccc4)c4ccc(-c5ccc(N(c6ccc(-c7ccccc7)cc6)c6cc7ccccc7c7ccccc67)cc5)cc4)cc3)cc2)=CCC1. The molecular formula is C62H46N2. The van der Waals surface area contributed by atoms with Crippen LogP contribution in [0.2, 0.25) is 0 Å². The molecular weight excluding hydrogens is 773 g/mol. The highest BCUT2D eigenvalue weighted by Crippen LogP contribution is 2.43. The van der Waals surface area contributed by atoms with Gasteiger partial charge in [0.2, 0.25) is 0 Å². The van der Waals surface area contributed by atoms with Crippen LogP contribution in [0.1, 0.15) is 18.4 Å². The second-order valence-corrected chi connectivity index (χ2v) is 16.4. The fourth-order valence-corrected chi connectivity index (χ4v) is 9.20.